The molecule has 14 rings (SSSR count). The number of rotatable bonds is 5. The maximum absolute atomic E-state index is 2.53. The highest BCUT2D eigenvalue weighted by Gasteiger charge is 2.25. The van der Waals surface area contributed by atoms with E-state index in [1.54, 1.807) is 0 Å². The fourth-order valence-corrected chi connectivity index (χ4v) is 11.3. The Bertz CT molecular complexity index is 3990. The van der Waals surface area contributed by atoms with Gasteiger partial charge in [-0.15, -0.1) is 0 Å². The van der Waals surface area contributed by atoms with Gasteiger partial charge in [-0.1, -0.05) is 146 Å². The third-order valence-electron chi connectivity index (χ3n) is 14.2. The van der Waals surface area contributed by atoms with Crippen LogP contribution >= 0.6 is 0 Å². The van der Waals surface area contributed by atoms with Crippen molar-refractivity contribution in [3.8, 4) is 33.9 Å². The number of fused-ring (bicyclic) bond motifs is 12. The second-order valence-electron chi connectivity index (χ2n) is 17.8. The predicted molar refractivity (Wildman–Crippen MR) is 274 cm³/mol. The molecular formula is C61H42N4. The number of benzene rings is 9. The van der Waals surface area contributed by atoms with E-state index in [0.717, 1.165) is 17.8 Å². The van der Waals surface area contributed by atoms with E-state index < -0.39 is 0 Å². The maximum Gasteiger partial charge on any atom is 0.0561 e. The summed E-state index contributed by atoms with van der Waals surface area (Å²) in [5.74, 6) is 0.394. The van der Waals surface area contributed by atoms with Crippen LogP contribution in [-0.2, 0) is 0 Å². The third-order valence-corrected chi connectivity index (χ3v) is 14.2. The zero-order chi connectivity index (χ0) is 42.8. The van der Waals surface area contributed by atoms with Gasteiger partial charge in [-0.2, -0.15) is 0 Å². The van der Waals surface area contributed by atoms with Crippen molar-refractivity contribution < 1.29 is 0 Å². The lowest BCUT2D eigenvalue weighted by atomic mass is 9.93. The van der Waals surface area contributed by atoms with Gasteiger partial charge in [-0.25, -0.2) is 0 Å². The van der Waals surface area contributed by atoms with Crippen LogP contribution in [0.5, 0.6) is 0 Å². The smallest absolute Gasteiger partial charge is 0.0561 e. The molecule has 13 aromatic rings. The minimum Gasteiger partial charge on any atom is -0.313 e. The van der Waals surface area contributed by atoms with Crippen LogP contribution in [0.2, 0.25) is 0 Å². The Morgan fingerprint density at radius 3 is 1.11 bits per heavy atom. The first-order valence-electron chi connectivity index (χ1n) is 22.7. The van der Waals surface area contributed by atoms with Crippen molar-refractivity contribution in [1.82, 2.24) is 18.3 Å². The summed E-state index contributed by atoms with van der Waals surface area (Å²) in [6.45, 7) is 2.37. The van der Waals surface area contributed by atoms with Crippen LogP contribution in [0.1, 0.15) is 30.5 Å². The van der Waals surface area contributed by atoms with Crippen LogP contribution in [-0.4, -0.2) is 18.3 Å². The minimum atomic E-state index is 0.394. The Kier molecular flexibility index (Phi) is 7.70. The molecule has 0 bridgehead atoms. The third kappa shape index (κ3) is 5.25. The molecule has 0 saturated heterocycles. The molecule has 0 saturated carbocycles. The standard InChI is InChI=1S/C61H42N4/c1-39-13-12-19-53-52-36-34-45(64-57-23-10-4-16-48(57)49-17-5-11-24-58(49)64)38-60(52)65(61(39)53)43-31-27-41(28-32-43)40-25-29-42(30-26-40)62-54-20-7-6-18-50(54)51-35-33-44(37-59(51)62)63-55-21-8-2-14-46(55)47-15-3-9-22-56(47)63/h2-12,14-39H,13H2,1H3. The van der Waals surface area contributed by atoms with Gasteiger partial charge in [0.1, 0.15) is 0 Å². The van der Waals surface area contributed by atoms with Gasteiger partial charge in [-0.05, 0) is 96.4 Å². The summed E-state index contributed by atoms with van der Waals surface area (Å²) in [7, 11) is 0. The van der Waals surface area contributed by atoms with Crippen molar-refractivity contribution in [2.45, 2.75) is 19.3 Å². The van der Waals surface area contributed by atoms with Gasteiger partial charge < -0.3 is 18.3 Å². The topological polar surface area (TPSA) is 19.7 Å². The summed E-state index contributed by atoms with van der Waals surface area (Å²) in [5.41, 5.74) is 18.2. The molecule has 306 valence electrons. The monoisotopic (exact) mass is 830 g/mol. The number of nitrogens with zero attached hydrogens (tertiary/aromatic N) is 4. The molecule has 0 radical (unpaired) electrons. The molecule has 0 amide bonds. The van der Waals surface area contributed by atoms with Crippen molar-refractivity contribution in [2.75, 3.05) is 0 Å². The van der Waals surface area contributed by atoms with Crippen LogP contribution in [0.25, 0.3) is 116 Å². The highest BCUT2D eigenvalue weighted by molar-refractivity contribution is 6.12. The number of hydrogen-bond donors (Lipinski definition) is 0. The molecule has 65 heavy (non-hydrogen) atoms. The van der Waals surface area contributed by atoms with E-state index >= 15 is 0 Å². The Morgan fingerprint density at radius 1 is 0.323 bits per heavy atom. The van der Waals surface area contributed by atoms with Crippen molar-refractivity contribution in [1.29, 1.82) is 0 Å². The van der Waals surface area contributed by atoms with Gasteiger partial charge in [-0.3, -0.25) is 0 Å². The van der Waals surface area contributed by atoms with Crippen LogP contribution in [0, 0.1) is 0 Å². The van der Waals surface area contributed by atoms with Crippen molar-refractivity contribution >= 4 is 82.4 Å². The lowest BCUT2D eigenvalue weighted by molar-refractivity contribution is 0.723. The lowest BCUT2D eigenvalue weighted by Crippen LogP contribution is -2.07. The summed E-state index contributed by atoms with van der Waals surface area (Å²) >= 11 is 0. The molecule has 0 aliphatic heterocycles. The number of allylic oxidation sites excluding steroid dienone is 1. The molecule has 1 aliphatic carbocycles. The van der Waals surface area contributed by atoms with E-state index in [9.17, 15) is 0 Å². The van der Waals surface area contributed by atoms with Crippen LogP contribution in [0.4, 0.5) is 0 Å². The first kappa shape index (κ1) is 36.2. The Balaban J connectivity index is 0.865. The van der Waals surface area contributed by atoms with Gasteiger partial charge in [0.15, 0.2) is 0 Å². The lowest BCUT2D eigenvalue weighted by Gasteiger charge is -2.19. The first-order valence-corrected chi connectivity index (χ1v) is 22.7. The van der Waals surface area contributed by atoms with Gasteiger partial charge in [0.2, 0.25) is 0 Å². The molecule has 1 unspecified atom stereocenters. The molecule has 4 nitrogen and oxygen atoms in total. The van der Waals surface area contributed by atoms with Crippen LogP contribution < -0.4 is 0 Å². The molecule has 1 atom stereocenters. The first-order chi connectivity index (χ1) is 32.2. The van der Waals surface area contributed by atoms with Crippen molar-refractivity contribution in [3.63, 3.8) is 0 Å². The van der Waals surface area contributed by atoms with E-state index in [0.29, 0.717) is 5.92 Å². The molecule has 0 fully saturated rings. The molecular weight excluding hydrogens is 789 g/mol. The van der Waals surface area contributed by atoms with Gasteiger partial charge in [0.25, 0.3) is 0 Å². The van der Waals surface area contributed by atoms with Gasteiger partial charge in [0.05, 0.1) is 38.6 Å². The summed E-state index contributed by atoms with van der Waals surface area (Å²) in [4.78, 5) is 0. The van der Waals surface area contributed by atoms with E-state index in [-0.39, 0.29) is 0 Å². The molecule has 9 aromatic carbocycles. The van der Waals surface area contributed by atoms with E-state index in [1.165, 1.54) is 110 Å². The SMILES string of the molecule is CC1CC=Cc2c1n(-c1ccc(-c3ccc(-n4c5ccccc5c5ccc(-n6c7ccccc7c7ccccc76)cc54)cc3)cc1)c1cc(-n3c4ccccc4c4ccccc43)ccc21. The molecule has 4 heterocycles. The zero-order valence-electron chi connectivity index (χ0n) is 35.9. The fraction of sp³-hybridized carbons (Fsp3) is 0.0492. The average Bonchev–Trinajstić information content (AvgIpc) is 4.09. The molecule has 0 N–H and O–H groups in total. The van der Waals surface area contributed by atoms with Gasteiger partial charge in [0, 0.05) is 77.6 Å². The zero-order valence-corrected chi connectivity index (χ0v) is 35.9. The minimum absolute atomic E-state index is 0.394. The Labute approximate surface area is 375 Å². The highest BCUT2D eigenvalue weighted by Crippen LogP contribution is 2.42. The van der Waals surface area contributed by atoms with E-state index in [1.807, 2.05) is 0 Å². The highest BCUT2D eigenvalue weighted by atomic mass is 15.0. The Morgan fingerprint density at radius 2 is 0.662 bits per heavy atom. The molecule has 4 aromatic heterocycles. The second-order valence-corrected chi connectivity index (χ2v) is 17.8. The molecule has 1 aliphatic rings. The number of hydrogen-bond acceptors (Lipinski definition) is 0. The van der Waals surface area contributed by atoms with E-state index in [4.69, 9.17) is 0 Å². The number of aromatic nitrogens is 4. The summed E-state index contributed by atoms with van der Waals surface area (Å²) in [5, 5.41) is 8.88. The van der Waals surface area contributed by atoms with Crippen LogP contribution in [0.15, 0.2) is 212 Å². The second kappa shape index (κ2) is 13.8. The fourth-order valence-electron chi connectivity index (χ4n) is 11.3. The van der Waals surface area contributed by atoms with Gasteiger partial charge >= 0.3 is 0 Å². The molecule has 4 heteroatoms. The predicted octanol–water partition coefficient (Wildman–Crippen LogP) is 16.1. The largest absolute Gasteiger partial charge is 0.313 e. The number of para-hydroxylation sites is 5. The van der Waals surface area contributed by atoms with Crippen molar-refractivity contribution in [3.05, 3.63) is 224 Å². The summed E-state index contributed by atoms with van der Waals surface area (Å²) < 4.78 is 9.79. The summed E-state index contributed by atoms with van der Waals surface area (Å²) in [6, 6.07) is 76.1. The average molecular weight is 831 g/mol. The maximum atomic E-state index is 2.53. The summed E-state index contributed by atoms with van der Waals surface area (Å²) in [6.07, 6.45) is 5.71. The normalized spacial score (nSPS) is 14.0. The molecule has 0 spiro atoms. The Hall–Kier alpha value is -8.34. The van der Waals surface area contributed by atoms with Crippen LogP contribution in [0.3, 0.4) is 0 Å². The van der Waals surface area contributed by atoms with E-state index in [2.05, 4.69) is 244 Å². The quantitative estimate of drug-likeness (QED) is 0.165. The van der Waals surface area contributed by atoms with Crippen molar-refractivity contribution in [2.24, 2.45) is 0 Å².